The molecule has 0 atom stereocenters. The van der Waals surface area contributed by atoms with Crippen LogP contribution in [0.25, 0.3) is 0 Å². The number of amides is 1. The number of nitrogens with zero attached hydrogens (tertiary/aromatic N) is 1. The van der Waals surface area contributed by atoms with Gasteiger partial charge in [-0.15, -0.1) is 0 Å². The molecule has 0 unspecified atom stereocenters. The molecular formula is C24H33NO6S. The van der Waals surface area contributed by atoms with Crippen molar-refractivity contribution in [2.24, 2.45) is 11.8 Å². The molecule has 0 saturated carbocycles. The van der Waals surface area contributed by atoms with Crippen LogP contribution >= 0.6 is 0 Å². The summed E-state index contributed by atoms with van der Waals surface area (Å²) < 4.78 is 41.4. The highest BCUT2D eigenvalue weighted by Gasteiger charge is 2.21. The Morgan fingerprint density at radius 3 is 2.09 bits per heavy atom. The lowest BCUT2D eigenvalue weighted by Crippen LogP contribution is -2.34. The van der Waals surface area contributed by atoms with E-state index in [1.807, 2.05) is 19.9 Å². The molecule has 7 nitrogen and oxygen atoms in total. The molecule has 2 aromatic carbocycles. The molecule has 0 aliphatic carbocycles. The second-order valence-electron chi connectivity index (χ2n) is 8.46. The quantitative estimate of drug-likeness (QED) is 0.456. The molecule has 176 valence electrons. The monoisotopic (exact) mass is 463 g/mol. The van der Waals surface area contributed by atoms with Crippen molar-refractivity contribution in [1.82, 2.24) is 4.90 Å². The number of hydrogen-bond acceptors (Lipinski definition) is 6. The SMILES string of the molecule is COc1ccc(S(=O)(=O)Oc2cc(CN(CC(C)C)C(=O)CC(C)C)ccc2OC)cc1. The average molecular weight is 464 g/mol. The lowest BCUT2D eigenvalue weighted by Gasteiger charge is -2.26. The molecular weight excluding hydrogens is 430 g/mol. The Kier molecular flexibility index (Phi) is 8.95. The van der Waals surface area contributed by atoms with Gasteiger partial charge in [0, 0.05) is 19.5 Å². The first kappa shape index (κ1) is 25.5. The number of carbonyl (C=O) groups excluding carboxylic acids is 1. The zero-order valence-electron chi connectivity index (χ0n) is 19.6. The van der Waals surface area contributed by atoms with Gasteiger partial charge in [0.2, 0.25) is 5.91 Å². The van der Waals surface area contributed by atoms with Crippen molar-refractivity contribution in [3.05, 3.63) is 48.0 Å². The van der Waals surface area contributed by atoms with Crippen LogP contribution in [0.5, 0.6) is 17.2 Å². The summed E-state index contributed by atoms with van der Waals surface area (Å²) in [6, 6.07) is 11.0. The van der Waals surface area contributed by atoms with E-state index >= 15 is 0 Å². The fraction of sp³-hybridized carbons (Fsp3) is 0.458. The van der Waals surface area contributed by atoms with Gasteiger partial charge in [-0.1, -0.05) is 33.8 Å². The van der Waals surface area contributed by atoms with Crippen molar-refractivity contribution in [2.75, 3.05) is 20.8 Å². The third-order valence-corrected chi connectivity index (χ3v) is 5.92. The topological polar surface area (TPSA) is 82.1 Å². The molecule has 0 aliphatic heterocycles. The molecule has 8 heteroatoms. The van der Waals surface area contributed by atoms with Gasteiger partial charge in [0.25, 0.3) is 0 Å². The first-order valence-electron chi connectivity index (χ1n) is 10.6. The number of benzene rings is 2. The molecule has 0 N–H and O–H groups in total. The summed E-state index contributed by atoms with van der Waals surface area (Å²) >= 11 is 0. The first-order chi connectivity index (χ1) is 15.1. The van der Waals surface area contributed by atoms with Crippen LogP contribution in [0, 0.1) is 11.8 Å². The molecule has 0 saturated heterocycles. The van der Waals surface area contributed by atoms with E-state index in [0.29, 0.717) is 31.2 Å². The van der Waals surface area contributed by atoms with Crippen molar-refractivity contribution in [1.29, 1.82) is 0 Å². The Hall–Kier alpha value is -2.74. The lowest BCUT2D eigenvalue weighted by molar-refractivity contribution is -0.133. The molecule has 1 amide bonds. The molecule has 0 aliphatic rings. The Balaban J connectivity index is 2.31. The Labute approximate surface area is 191 Å². The van der Waals surface area contributed by atoms with Crippen molar-refractivity contribution >= 4 is 16.0 Å². The fourth-order valence-corrected chi connectivity index (χ4v) is 4.12. The van der Waals surface area contributed by atoms with E-state index in [-0.39, 0.29) is 28.2 Å². The smallest absolute Gasteiger partial charge is 0.339 e. The summed E-state index contributed by atoms with van der Waals surface area (Å²) in [6.07, 6.45) is 0.456. The Bertz CT molecular complexity index is 1000. The van der Waals surface area contributed by atoms with Crippen LogP contribution in [0.1, 0.15) is 39.7 Å². The van der Waals surface area contributed by atoms with Crippen molar-refractivity contribution < 1.29 is 26.9 Å². The number of hydrogen-bond donors (Lipinski definition) is 0. The summed E-state index contributed by atoms with van der Waals surface area (Å²) in [5.41, 5.74) is 0.753. The average Bonchev–Trinajstić information content (AvgIpc) is 2.72. The van der Waals surface area contributed by atoms with Crippen LogP contribution in [-0.2, 0) is 21.5 Å². The van der Waals surface area contributed by atoms with Gasteiger partial charge in [-0.05, 0) is 53.8 Å². The van der Waals surface area contributed by atoms with E-state index in [1.165, 1.54) is 26.4 Å². The molecule has 0 radical (unpaired) electrons. The van der Waals surface area contributed by atoms with Crippen molar-refractivity contribution in [2.45, 2.75) is 45.6 Å². The minimum absolute atomic E-state index is 0.000647. The third-order valence-electron chi connectivity index (χ3n) is 4.67. The molecule has 0 aromatic heterocycles. The zero-order valence-corrected chi connectivity index (χ0v) is 20.4. The summed E-state index contributed by atoms with van der Waals surface area (Å²) in [6.45, 7) is 9.09. The number of methoxy groups -OCH3 is 2. The second kappa shape index (κ2) is 11.2. The van der Waals surface area contributed by atoms with Gasteiger partial charge < -0.3 is 18.6 Å². The zero-order chi connectivity index (χ0) is 23.9. The molecule has 0 bridgehead atoms. The maximum Gasteiger partial charge on any atom is 0.339 e. The molecule has 2 aromatic rings. The number of carbonyl (C=O) groups is 1. The highest BCUT2D eigenvalue weighted by Crippen LogP contribution is 2.32. The van der Waals surface area contributed by atoms with Crippen LogP contribution in [0.15, 0.2) is 47.4 Å². The standard InChI is InChI=1S/C24H33NO6S/c1-17(2)13-24(26)25(15-18(3)4)16-19-7-12-22(30-6)23(14-19)31-32(27,28)21-10-8-20(29-5)9-11-21/h7-12,14,17-18H,13,15-16H2,1-6H3. The van der Waals surface area contributed by atoms with Crippen LogP contribution in [0.4, 0.5) is 0 Å². The minimum atomic E-state index is -4.08. The van der Waals surface area contributed by atoms with Gasteiger partial charge in [0.15, 0.2) is 11.5 Å². The molecule has 0 fully saturated rings. The van der Waals surface area contributed by atoms with E-state index < -0.39 is 10.1 Å². The molecule has 0 heterocycles. The molecule has 2 rings (SSSR count). The largest absolute Gasteiger partial charge is 0.497 e. The van der Waals surface area contributed by atoms with Gasteiger partial charge in [0.05, 0.1) is 14.2 Å². The van der Waals surface area contributed by atoms with E-state index in [2.05, 4.69) is 13.8 Å². The summed E-state index contributed by atoms with van der Waals surface area (Å²) in [5, 5.41) is 0. The van der Waals surface area contributed by atoms with Gasteiger partial charge in [0.1, 0.15) is 10.6 Å². The van der Waals surface area contributed by atoms with Crippen molar-refractivity contribution in [3.63, 3.8) is 0 Å². The summed E-state index contributed by atoms with van der Waals surface area (Å²) in [7, 11) is -1.14. The maximum atomic E-state index is 12.8. The van der Waals surface area contributed by atoms with Crippen LogP contribution in [-0.4, -0.2) is 40.0 Å². The van der Waals surface area contributed by atoms with Crippen molar-refractivity contribution in [3.8, 4) is 17.2 Å². The Morgan fingerprint density at radius 1 is 0.906 bits per heavy atom. The second-order valence-corrected chi connectivity index (χ2v) is 10.0. The van der Waals surface area contributed by atoms with E-state index in [1.54, 1.807) is 29.2 Å². The minimum Gasteiger partial charge on any atom is -0.497 e. The maximum absolute atomic E-state index is 12.8. The third kappa shape index (κ3) is 7.15. The van der Waals surface area contributed by atoms with Gasteiger partial charge in [-0.25, -0.2) is 0 Å². The van der Waals surface area contributed by atoms with E-state index in [9.17, 15) is 13.2 Å². The Morgan fingerprint density at radius 2 is 1.56 bits per heavy atom. The predicted molar refractivity (Wildman–Crippen MR) is 124 cm³/mol. The molecule has 0 spiro atoms. The number of ether oxygens (including phenoxy) is 2. The number of rotatable bonds is 11. The normalized spacial score (nSPS) is 11.5. The molecule has 32 heavy (non-hydrogen) atoms. The highest BCUT2D eigenvalue weighted by atomic mass is 32.2. The summed E-state index contributed by atoms with van der Waals surface area (Å²) in [5.74, 6) is 1.52. The summed E-state index contributed by atoms with van der Waals surface area (Å²) in [4.78, 5) is 14.5. The first-order valence-corrected chi connectivity index (χ1v) is 12.0. The van der Waals surface area contributed by atoms with E-state index in [0.717, 1.165) is 5.56 Å². The van der Waals surface area contributed by atoms with Crippen LogP contribution in [0.2, 0.25) is 0 Å². The van der Waals surface area contributed by atoms with Crippen LogP contribution < -0.4 is 13.7 Å². The van der Waals surface area contributed by atoms with E-state index in [4.69, 9.17) is 13.7 Å². The highest BCUT2D eigenvalue weighted by molar-refractivity contribution is 7.87. The lowest BCUT2D eigenvalue weighted by atomic mass is 10.1. The fourth-order valence-electron chi connectivity index (χ4n) is 3.19. The van der Waals surface area contributed by atoms with Gasteiger partial charge in [-0.3, -0.25) is 4.79 Å². The van der Waals surface area contributed by atoms with Crippen LogP contribution in [0.3, 0.4) is 0 Å². The predicted octanol–water partition coefficient (Wildman–Crippen LogP) is 4.50. The van der Waals surface area contributed by atoms with Gasteiger partial charge in [-0.2, -0.15) is 8.42 Å². The van der Waals surface area contributed by atoms with Gasteiger partial charge >= 0.3 is 10.1 Å².